The molecule has 0 fully saturated rings. The second-order valence-electron chi connectivity index (χ2n) is 3.70. The SMILES string of the molecule is COc1ccc(C(C)C)cc1C(=O)CO. The number of rotatable bonds is 4. The lowest BCUT2D eigenvalue weighted by molar-refractivity contribution is 0.0900. The molecule has 15 heavy (non-hydrogen) atoms. The number of hydrogen-bond acceptors (Lipinski definition) is 3. The Morgan fingerprint density at radius 2 is 2.13 bits per heavy atom. The molecule has 0 saturated heterocycles. The molecular weight excluding hydrogens is 192 g/mol. The third-order valence-electron chi connectivity index (χ3n) is 2.33. The molecule has 0 aliphatic heterocycles. The van der Waals surface area contributed by atoms with Crippen LogP contribution in [0.15, 0.2) is 18.2 Å². The highest BCUT2D eigenvalue weighted by Gasteiger charge is 2.12. The largest absolute Gasteiger partial charge is 0.496 e. The molecule has 0 aromatic heterocycles. The number of methoxy groups -OCH3 is 1. The van der Waals surface area contributed by atoms with E-state index in [-0.39, 0.29) is 5.78 Å². The highest BCUT2D eigenvalue weighted by atomic mass is 16.5. The van der Waals surface area contributed by atoms with E-state index in [0.717, 1.165) is 5.56 Å². The lowest BCUT2D eigenvalue weighted by atomic mass is 9.98. The molecule has 0 amide bonds. The van der Waals surface area contributed by atoms with E-state index in [2.05, 4.69) is 13.8 Å². The average Bonchev–Trinajstić information content (AvgIpc) is 2.27. The number of aliphatic hydroxyl groups is 1. The highest BCUT2D eigenvalue weighted by molar-refractivity contribution is 5.99. The summed E-state index contributed by atoms with van der Waals surface area (Å²) in [5.41, 5.74) is 1.51. The molecule has 3 heteroatoms. The zero-order valence-electron chi connectivity index (χ0n) is 9.28. The summed E-state index contributed by atoms with van der Waals surface area (Å²) in [6.45, 7) is 3.61. The molecule has 0 saturated carbocycles. The van der Waals surface area contributed by atoms with Crippen molar-refractivity contribution in [2.75, 3.05) is 13.7 Å². The van der Waals surface area contributed by atoms with Gasteiger partial charge in [0.2, 0.25) is 0 Å². The van der Waals surface area contributed by atoms with Crippen LogP contribution in [0, 0.1) is 0 Å². The fourth-order valence-electron chi connectivity index (χ4n) is 1.39. The van der Waals surface area contributed by atoms with Gasteiger partial charge < -0.3 is 9.84 Å². The Balaban J connectivity index is 3.19. The molecule has 1 aromatic rings. The van der Waals surface area contributed by atoms with E-state index in [0.29, 0.717) is 17.2 Å². The number of hydrogen-bond donors (Lipinski definition) is 1. The molecule has 0 unspecified atom stereocenters. The van der Waals surface area contributed by atoms with Crippen molar-refractivity contribution in [2.45, 2.75) is 19.8 Å². The molecule has 0 radical (unpaired) electrons. The van der Waals surface area contributed by atoms with Crippen LogP contribution in [0.4, 0.5) is 0 Å². The van der Waals surface area contributed by atoms with Gasteiger partial charge in [-0.2, -0.15) is 0 Å². The summed E-state index contributed by atoms with van der Waals surface area (Å²) in [6, 6.07) is 5.47. The van der Waals surface area contributed by atoms with Gasteiger partial charge in [0.1, 0.15) is 12.4 Å². The lowest BCUT2D eigenvalue weighted by Gasteiger charge is -2.11. The van der Waals surface area contributed by atoms with Gasteiger partial charge in [0.05, 0.1) is 12.7 Å². The minimum atomic E-state index is -0.488. The van der Waals surface area contributed by atoms with E-state index < -0.39 is 6.61 Å². The summed E-state index contributed by atoms with van der Waals surface area (Å²) in [7, 11) is 1.51. The molecule has 0 heterocycles. The number of benzene rings is 1. The van der Waals surface area contributed by atoms with Crippen molar-refractivity contribution in [3.63, 3.8) is 0 Å². The third kappa shape index (κ3) is 2.57. The highest BCUT2D eigenvalue weighted by Crippen LogP contribution is 2.24. The first-order chi connectivity index (χ1) is 7.10. The Labute approximate surface area is 89.7 Å². The average molecular weight is 208 g/mol. The molecule has 0 aliphatic carbocycles. The van der Waals surface area contributed by atoms with Gasteiger partial charge in [0, 0.05) is 0 Å². The lowest BCUT2D eigenvalue weighted by Crippen LogP contribution is -2.07. The van der Waals surface area contributed by atoms with E-state index in [1.807, 2.05) is 6.07 Å². The standard InChI is InChI=1S/C12H16O3/c1-8(2)9-4-5-12(15-3)10(6-9)11(14)7-13/h4-6,8,13H,7H2,1-3H3. The normalized spacial score (nSPS) is 10.5. The molecule has 1 N–H and O–H groups in total. The monoisotopic (exact) mass is 208 g/mol. The zero-order chi connectivity index (χ0) is 11.4. The fourth-order valence-corrected chi connectivity index (χ4v) is 1.39. The van der Waals surface area contributed by atoms with Crippen LogP contribution in [0.25, 0.3) is 0 Å². The van der Waals surface area contributed by atoms with Crippen LogP contribution < -0.4 is 4.74 Å². The summed E-state index contributed by atoms with van der Waals surface area (Å²) in [4.78, 5) is 11.4. The topological polar surface area (TPSA) is 46.5 Å². The van der Waals surface area contributed by atoms with E-state index in [9.17, 15) is 4.79 Å². The van der Waals surface area contributed by atoms with Crippen LogP contribution >= 0.6 is 0 Å². The molecule has 0 spiro atoms. The van der Waals surface area contributed by atoms with Gasteiger partial charge in [-0.3, -0.25) is 4.79 Å². The van der Waals surface area contributed by atoms with E-state index in [1.54, 1.807) is 12.1 Å². The van der Waals surface area contributed by atoms with Crippen molar-refractivity contribution in [1.82, 2.24) is 0 Å². The third-order valence-corrected chi connectivity index (χ3v) is 2.33. The van der Waals surface area contributed by atoms with Crippen molar-refractivity contribution < 1.29 is 14.6 Å². The van der Waals surface area contributed by atoms with Gasteiger partial charge in [0.15, 0.2) is 5.78 Å². The molecule has 1 aromatic carbocycles. The predicted molar refractivity (Wildman–Crippen MR) is 58.5 cm³/mol. The maximum absolute atomic E-state index is 11.4. The number of carbonyl (C=O) groups excluding carboxylic acids is 1. The summed E-state index contributed by atoms with van der Waals surface area (Å²) < 4.78 is 5.07. The number of ketones is 1. The van der Waals surface area contributed by atoms with E-state index >= 15 is 0 Å². The van der Waals surface area contributed by atoms with Crippen LogP contribution in [0.1, 0.15) is 35.7 Å². The zero-order valence-corrected chi connectivity index (χ0v) is 9.28. The number of aliphatic hydroxyl groups excluding tert-OH is 1. The summed E-state index contributed by atoms with van der Waals surface area (Å²) >= 11 is 0. The van der Waals surface area contributed by atoms with Gasteiger partial charge in [0.25, 0.3) is 0 Å². The summed E-state index contributed by atoms with van der Waals surface area (Å²) in [5.74, 6) is 0.550. The molecule has 0 bridgehead atoms. The van der Waals surface area contributed by atoms with Crippen LogP contribution in [-0.4, -0.2) is 24.6 Å². The first kappa shape index (κ1) is 11.7. The maximum Gasteiger partial charge on any atom is 0.191 e. The minimum Gasteiger partial charge on any atom is -0.496 e. The first-order valence-corrected chi connectivity index (χ1v) is 4.92. The van der Waals surface area contributed by atoms with Gasteiger partial charge in [-0.1, -0.05) is 19.9 Å². The van der Waals surface area contributed by atoms with Crippen molar-refractivity contribution >= 4 is 5.78 Å². The number of ether oxygens (including phenoxy) is 1. The second kappa shape index (κ2) is 4.94. The van der Waals surface area contributed by atoms with Crippen LogP contribution in [0.5, 0.6) is 5.75 Å². The number of Topliss-reactive ketones (excluding diaryl/α,β-unsaturated/α-hetero) is 1. The Morgan fingerprint density at radius 3 is 2.60 bits per heavy atom. The van der Waals surface area contributed by atoms with Crippen LogP contribution in [0.3, 0.4) is 0 Å². The van der Waals surface area contributed by atoms with Gasteiger partial charge in [-0.05, 0) is 23.6 Å². The Kier molecular flexibility index (Phi) is 3.86. The summed E-state index contributed by atoms with van der Waals surface area (Å²) in [6.07, 6.45) is 0. The van der Waals surface area contributed by atoms with Crippen molar-refractivity contribution in [3.8, 4) is 5.75 Å². The fraction of sp³-hybridized carbons (Fsp3) is 0.417. The van der Waals surface area contributed by atoms with Crippen molar-refractivity contribution in [1.29, 1.82) is 0 Å². The molecule has 82 valence electrons. The predicted octanol–water partition coefficient (Wildman–Crippen LogP) is 1.99. The Morgan fingerprint density at radius 1 is 1.47 bits per heavy atom. The minimum absolute atomic E-state index is 0.311. The second-order valence-corrected chi connectivity index (χ2v) is 3.70. The number of carbonyl (C=O) groups is 1. The van der Waals surface area contributed by atoms with Crippen molar-refractivity contribution in [3.05, 3.63) is 29.3 Å². The van der Waals surface area contributed by atoms with E-state index in [4.69, 9.17) is 9.84 Å². The molecule has 3 nitrogen and oxygen atoms in total. The van der Waals surface area contributed by atoms with Gasteiger partial charge in [-0.15, -0.1) is 0 Å². The Bertz CT molecular complexity index is 356. The van der Waals surface area contributed by atoms with Gasteiger partial charge >= 0.3 is 0 Å². The molecule has 0 atom stereocenters. The van der Waals surface area contributed by atoms with Gasteiger partial charge in [-0.25, -0.2) is 0 Å². The van der Waals surface area contributed by atoms with Crippen LogP contribution in [0.2, 0.25) is 0 Å². The summed E-state index contributed by atoms with van der Waals surface area (Å²) in [5, 5.41) is 8.83. The first-order valence-electron chi connectivity index (χ1n) is 4.92. The quantitative estimate of drug-likeness (QED) is 0.770. The molecular formula is C12H16O3. The van der Waals surface area contributed by atoms with Crippen molar-refractivity contribution in [2.24, 2.45) is 0 Å². The smallest absolute Gasteiger partial charge is 0.191 e. The van der Waals surface area contributed by atoms with E-state index in [1.165, 1.54) is 7.11 Å². The van der Waals surface area contributed by atoms with Crippen LogP contribution in [-0.2, 0) is 0 Å². The molecule has 0 aliphatic rings. The Hall–Kier alpha value is -1.35. The maximum atomic E-state index is 11.4. The molecule has 1 rings (SSSR count).